The van der Waals surface area contributed by atoms with E-state index in [2.05, 4.69) is 0 Å². The first kappa shape index (κ1) is 13.6. The third kappa shape index (κ3) is 2.48. The minimum Gasteiger partial charge on any atom is -0.282 e. The van der Waals surface area contributed by atoms with Gasteiger partial charge in [-0.25, -0.2) is 4.79 Å². The first-order chi connectivity index (χ1) is 8.91. The molecular formula is C15H20N2O2. The van der Waals surface area contributed by atoms with Crippen molar-refractivity contribution in [2.75, 3.05) is 11.4 Å². The molecule has 0 saturated carbocycles. The number of imide groups is 1. The number of carbonyl (C=O) groups excluding carboxylic acids is 2. The van der Waals surface area contributed by atoms with Gasteiger partial charge >= 0.3 is 6.03 Å². The summed E-state index contributed by atoms with van der Waals surface area (Å²) in [5, 5.41) is 0. The zero-order chi connectivity index (χ0) is 14.2. The van der Waals surface area contributed by atoms with Gasteiger partial charge in [-0.05, 0) is 31.9 Å². The molecule has 0 unspecified atom stereocenters. The van der Waals surface area contributed by atoms with Crippen LogP contribution in [0.5, 0.6) is 0 Å². The maximum Gasteiger partial charge on any atom is 0.331 e. The topological polar surface area (TPSA) is 40.6 Å². The van der Waals surface area contributed by atoms with E-state index in [0.717, 1.165) is 11.3 Å². The lowest BCUT2D eigenvalue weighted by Crippen LogP contribution is -2.35. The Bertz CT molecular complexity index is 493. The van der Waals surface area contributed by atoms with Crippen LogP contribution in [0, 0.1) is 12.8 Å². The largest absolute Gasteiger partial charge is 0.331 e. The first-order valence-corrected chi connectivity index (χ1v) is 6.63. The quantitative estimate of drug-likeness (QED) is 0.784. The van der Waals surface area contributed by atoms with Crippen molar-refractivity contribution in [1.29, 1.82) is 0 Å². The van der Waals surface area contributed by atoms with Gasteiger partial charge in [0.1, 0.15) is 6.04 Å². The van der Waals surface area contributed by atoms with Gasteiger partial charge in [-0.2, -0.15) is 0 Å². The predicted molar refractivity (Wildman–Crippen MR) is 75.1 cm³/mol. The number of rotatable bonds is 3. The van der Waals surface area contributed by atoms with Crippen LogP contribution in [-0.2, 0) is 4.79 Å². The highest BCUT2D eigenvalue weighted by Gasteiger charge is 2.43. The van der Waals surface area contributed by atoms with Gasteiger partial charge in [-0.1, -0.05) is 31.5 Å². The summed E-state index contributed by atoms with van der Waals surface area (Å²) in [5.74, 6) is 0.164. The molecule has 19 heavy (non-hydrogen) atoms. The van der Waals surface area contributed by atoms with Gasteiger partial charge in [0.2, 0.25) is 0 Å². The molecule has 1 aromatic rings. The molecule has 1 atom stereocenters. The number of hydrogen-bond donors (Lipinski definition) is 0. The standard InChI is InChI=1S/C15H20N2O2/c1-10(2)9-16-14(18)12(4)17(15(16)19)13-7-5-11(3)6-8-13/h5-8,10,12H,9H2,1-4H3/t12-/m0/s1. The van der Waals surface area contributed by atoms with Crippen molar-refractivity contribution in [3.63, 3.8) is 0 Å². The monoisotopic (exact) mass is 260 g/mol. The lowest BCUT2D eigenvalue weighted by molar-refractivity contribution is -0.127. The molecule has 1 saturated heterocycles. The van der Waals surface area contributed by atoms with Crippen molar-refractivity contribution in [1.82, 2.24) is 4.90 Å². The van der Waals surface area contributed by atoms with Crippen LogP contribution in [0.4, 0.5) is 10.5 Å². The minimum absolute atomic E-state index is 0.112. The van der Waals surface area contributed by atoms with E-state index < -0.39 is 6.04 Å². The molecule has 1 fully saturated rings. The molecule has 0 N–H and O–H groups in total. The normalized spacial score (nSPS) is 19.7. The third-order valence-electron chi connectivity index (χ3n) is 3.31. The van der Waals surface area contributed by atoms with Crippen LogP contribution < -0.4 is 4.90 Å². The van der Waals surface area contributed by atoms with Crippen LogP contribution in [0.3, 0.4) is 0 Å². The molecule has 0 spiro atoms. The van der Waals surface area contributed by atoms with Crippen molar-refractivity contribution in [3.8, 4) is 0 Å². The molecule has 4 heteroatoms. The van der Waals surface area contributed by atoms with Crippen LogP contribution in [-0.4, -0.2) is 29.4 Å². The molecule has 1 aliphatic heterocycles. The fourth-order valence-electron chi connectivity index (χ4n) is 2.30. The average Bonchev–Trinajstić information content (AvgIpc) is 2.55. The maximum absolute atomic E-state index is 12.4. The summed E-state index contributed by atoms with van der Waals surface area (Å²) in [4.78, 5) is 27.5. The lowest BCUT2D eigenvalue weighted by atomic mass is 10.2. The van der Waals surface area contributed by atoms with E-state index in [4.69, 9.17) is 0 Å². The fraction of sp³-hybridized carbons (Fsp3) is 0.467. The highest BCUT2D eigenvalue weighted by Crippen LogP contribution is 2.26. The van der Waals surface area contributed by atoms with E-state index in [1.54, 1.807) is 11.8 Å². The van der Waals surface area contributed by atoms with Gasteiger partial charge in [0.05, 0.1) is 0 Å². The lowest BCUT2D eigenvalue weighted by Gasteiger charge is -2.20. The Kier molecular flexibility index (Phi) is 3.60. The Morgan fingerprint density at radius 2 is 1.74 bits per heavy atom. The van der Waals surface area contributed by atoms with Crippen molar-refractivity contribution in [2.24, 2.45) is 5.92 Å². The van der Waals surface area contributed by atoms with E-state index in [9.17, 15) is 9.59 Å². The number of benzene rings is 1. The van der Waals surface area contributed by atoms with Crippen molar-refractivity contribution < 1.29 is 9.59 Å². The molecule has 1 aliphatic rings. The van der Waals surface area contributed by atoms with Gasteiger partial charge in [0.25, 0.3) is 5.91 Å². The van der Waals surface area contributed by atoms with Crippen molar-refractivity contribution >= 4 is 17.6 Å². The van der Waals surface area contributed by atoms with Gasteiger partial charge in [0, 0.05) is 12.2 Å². The summed E-state index contributed by atoms with van der Waals surface area (Å²) < 4.78 is 0. The summed E-state index contributed by atoms with van der Waals surface area (Å²) in [7, 11) is 0. The van der Waals surface area contributed by atoms with E-state index in [1.165, 1.54) is 4.90 Å². The summed E-state index contributed by atoms with van der Waals surface area (Å²) in [5.41, 5.74) is 1.91. The second-order valence-electron chi connectivity index (χ2n) is 5.51. The smallest absolute Gasteiger partial charge is 0.282 e. The van der Waals surface area contributed by atoms with E-state index in [1.807, 2.05) is 45.0 Å². The summed E-state index contributed by atoms with van der Waals surface area (Å²) in [6.45, 7) is 8.25. The fourth-order valence-corrected chi connectivity index (χ4v) is 2.30. The van der Waals surface area contributed by atoms with Gasteiger partial charge < -0.3 is 0 Å². The maximum atomic E-state index is 12.4. The van der Waals surface area contributed by atoms with Crippen molar-refractivity contribution in [3.05, 3.63) is 29.8 Å². The molecule has 102 valence electrons. The predicted octanol–water partition coefficient (Wildman–Crippen LogP) is 2.81. The van der Waals surface area contributed by atoms with Crippen LogP contribution in [0.15, 0.2) is 24.3 Å². The third-order valence-corrected chi connectivity index (χ3v) is 3.31. The number of nitrogens with zero attached hydrogens (tertiary/aromatic N) is 2. The van der Waals surface area contributed by atoms with E-state index in [0.29, 0.717) is 6.54 Å². The van der Waals surface area contributed by atoms with Crippen LogP contribution >= 0.6 is 0 Å². The first-order valence-electron chi connectivity index (χ1n) is 6.63. The Hall–Kier alpha value is -1.84. The van der Waals surface area contributed by atoms with Crippen molar-refractivity contribution in [2.45, 2.75) is 33.7 Å². The Balaban J connectivity index is 2.29. The van der Waals surface area contributed by atoms with Gasteiger partial charge in [0.15, 0.2) is 0 Å². The Labute approximate surface area is 114 Å². The molecule has 0 radical (unpaired) electrons. The number of carbonyl (C=O) groups is 2. The molecule has 0 bridgehead atoms. The summed E-state index contributed by atoms with van der Waals surface area (Å²) in [6.07, 6.45) is 0. The zero-order valence-corrected chi connectivity index (χ0v) is 11.9. The van der Waals surface area contributed by atoms with Crippen LogP contribution in [0.25, 0.3) is 0 Å². The van der Waals surface area contributed by atoms with Crippen LogP contribution in [0.1, 0.15) is 26.3 Å². The highest BCUT2D eigenvalue weighted by atomic mass is 16.2. The molecule has 0 aromatic heterocycles. The van der Waals surface area contributed by atoms with Gasteiger partial charge in [-0.15, -0.1) is 0 Å². The number of aryl methyl sites for hydroxylation is 1. The van der Waals surface area contributed by atoms with E-state index >= 15 is 0 Å². The molecular weight excluding hydrogens is 240 g/mol. The Morgan fingerprint density at radius 1 is 1.16 bits per heavy atom. The molecule has 1 heterocycles. The second kappa shape index (κ2) is 5.03. The van der Waals surface area contributed by atoms with Gasteiger partial charge in [-0.3, -0.25) is 14.6 Å². The molecule has 4 nitrogen and oxygen atoms in total. The number of hydrogen-bond acceptors (Lipinski definition) is 2. The second-order valence-corrected chi connectivity index (χ2v) is 5.51. The number of amides is 3. The summed E-state index contributed by atoms with van der Waals surface area (Å²) in [6, 6.07) is 7.03. The zero-order valence-electron chi connectivity index (χ0n) is 11.9. The molecule has 2 rings (SSSR count). The molecule has 0 aliphatic carbocycles. The van der Waals surface area contributed by atoms with E-state index in [-0.39, 0.29) is 17.9 Å². The van der Waals surface area contributed by atoms with Crippen LogP contribution in [0.2, 0.25) is 0 Å². The average molecular weight is 260 g/mol. The molecule has 1 aromatic carbocycles. The minimum atomic E-state index is -0.422. The Morgan fingerprint density at radius 3 is 2.26 bits per heavy atom. The number of urea groups is 1. The number of anilines is 1. The summed E-state index contributed by atoms with van der Waals surface area (Å²) >= 11 is 0. The highest BCUT2D eigenvalue weighted by molar-refractivity contribution is 6.14. The molecule has 3 amide bonds. The SMILES string of the molecule is Cc1ccc(N2C(=O)N(CC(C)C)C(=O)[C@@H]2C)cc1.